The normalized spacial score (nSPS) is 10.2. The molecule has 0 saturated heterocycles. The third-order valence-electron chi connectivity index (χ3n) is 2.30. The van der Waals surface area contributed by atoms with Gasteiger partial charge in [-0.3, -0.25) is 10.1 Å². The first-order valence-electron chi connectivity index (χ1n) is 4.97. The van der Waals surface area contributed by atoms with Crippen LogP contribution in [0.1, 0.15) is 0 Å². The van der Waals surface area contributed by atoms with Gasteiger partial charge in [0.1, 0.15) is 5.69 Å². The van der Waals surface area contributed by atoms with Crippen LogP contribution in [0.3, 0.4) is 0 Å². The van der Waals surface area contributed by atoms with Gasteiger partial charge in [-0.25, -0.2) is 4.98 Å². The van der Waals surface area contributed by atoms with Gasteiger partial charge in [0.05, 0.1) is 9.95 Å². The molecule has 0 radical (unpaired) electrons. The van der Waals surface area contributed by atoms with Crippen molar-refractivity contribution in [2.24, 2.45) is 0 Å². The van der Waals surface area contributed by atoms with Gasteiger partial charge in [0, 0.05) is 11.6 Å². The lowest BCUT2D eigenvalue weighted by Crippen LogP contribution is -1.95. The number of hydrogen-bond donors (Lipinski definition) is 0. The van der Waals surface area contributed by atoms with Crippen molar-refractivity contribution < 1.29 is 4.92 Å². The smallest absolute Gasteiger partial charge is 0.258 e. The highest BCUT2D eigenvalue weighted by atomic mass is 32.2. The first-order chi connectivity index (χ1) is 8.22. The molecule has 5 heteroatoms. The number of thioether (sulfide) groups is 1. The van der Waals surface area contributed by atoms with Crippen LogP contribution in [0.4, 0.5) is 5.69 Å². The van der Waals surface area contributed by atoms with E-state index >= 15 is 0 Å². The minimum Gasteiger partial charge on any atom is -0.258 e. The molecule has 0 fully saturated rings. The van der Waals surface area contributed by atoms with Crippen molar-refractivity contribution in [3.8, 4) is 11.3 Å². The summed E-state index contributed by atoms with van der Waals surface area (Å²) in [5, 5.41) is 11.7. The Morgan fingerprint density at radius 3 is 2.47 bits per heavy atom. The molecule has 0 saturated carbocycles. The fourth-order valence-electron chi connectivity index (χ4n) is 1.50. The molecule has 0 aliphatic carbocycles. The first-order valence-corrected chi connectivity index (χ1v) is 6.19. The molecule has 0 amide bonds. The molecule has 0 aliphatic heterocycles. The Bertz CT molecular complexity index is 543. The van der Waals surface area contributed by atoms with E-state index in [4.69, 9.17) is 0 Å². The van der Waals surface area contributed by atoms with E-state index < -0.39 is 4.92 Å². The highest BCUT2D eigenvalue weighted by Crippen LogP contribution is 2.29. The third kappa shape index (κ3) is 2.45. The summed E-state index contributed by atoms with van der Waals surface area (Å²) < 4.78 is 0. The number of aromatic nitrogens is 1. The third-order valence-corrected chi connectivity index (χ3v) is 2.95. The molecular weight excluding hydrogens is 236 g/mol. The molecule has 4 nitrogen and oxygen atoms in total. The maximum atomic E-state index is 11.0. The highest BCUT2D eigenvalue weighted by molar-refractivity contribution is 7.98. The molecule has 0 spiro atoms. The topological polar surface area (TPSA) is 56.0 Å². The summed E-state index contributed by atoms with van der Waals surface area (Å²) in [7, 11) is 0. The minimum atomic E-state index is -0.403. The van der Waals surface area contributed by atoms with Crippen LogP contribution in [-0.4, -0.2) is 16.2 Å². The molecule has 86 valence electrons. The second-order valence-corrected chi connectivity index (χ2v) is 4.17. The van der Waals surface area contributed by atoms with Gasteiger partial charge < -0.3 is 0 Å². The lowest BCUT2D eigenvalue weighted by Gasteiger charge is -2.04. The quantitative estimate of drug-likeness (QED) is 0.473. The molecule has 1 heterocycles. The molecule has 0 aliphatic rings. The van der Waals surface area contributed by atoms with E-state index in [1.54, 1.807) is 6.07 Å². The summed E-state index contributed by atoms with van der Waals surface area (Å²) >= 11 is 1.46. The molecule has 1 aromatic carbocycles. The number of pyridine rings is 1. The van der Waals surface area contributed by atoms with Crippen LogP contribution in [0, 0.1) is 10.1 Å². The van der Waals surface area contributed by atoms with Crippen LogP contribution in [-0.2, 0) is 0 Å². The van der Waals surface area contributed by atoms with E-state index in [9.17, 15) is 10.1 Å². The van der Waals surface area contributed by atoms with Crippen LogP contribution in [0.2, 0.25) is 0 Å². The number of nitro groups is 1. The summed E-state index contributed by atoms with van der Waals surface area (Å²) in [4.78, 5) is 14.9. The Morgan fingerprint density at radius 2 is 1.88 bits per heavy atom. The van der Waals surface area contributed by atoms with Gasteiger partial charge in [-0.05, 0) is 12.3 Å². The van der Waals surface area contributed by atoms with E-state index in [2.05, 4.69) is 4.98 Å². The summed E-state index contributed by atoms with van der Waals surface area (Å²) in [5.74, 6) is 0. The van der Waals surface area contributed by atoms with Gasteiger partial charge in [-0.1, -0.05) is 30.3 Å². The maximum Gasteiger partial charge on any atom is 0.295 e. The predicted octanol–water partition coefficient (Wildman–Crippen LogP) is 3.38. The molecule has 1 aromatic heterocycles. The summed E-state index contributed by atoms with van der Waals surface area (Å²) in [6, 6.07) is 12.3. The maximum absolute atomic E-state index is 11.0. The monoisotopic (exact) mass is 246 g/mol. The van der Waals surface area contributed by atoms with Crippen molar-refractivity contribution >= 4 is 17.4 Å². The van der Waals surface area contributed by atoms with Crippen LogP contribution >= 0.6 is 11.8 Å². The van der Waals surface area contributed by atoms with Crippen molar-refractivity contribution in [1.29, 1.82) is 0 Å². The number of hydrogen-bond acceptors (Lipinski definition) is 4. The molecule has 2 aromatic rings. The van der Waals surface area contributed by atoms with Crippen molar-refractivity contribution in [1.82, 2.24) is 4.98 Å². The molecule has 0 N–H and O–H groups in total. The number of benzene rings is 1. The van der Waals surface area contributed by atoms with Crippen molar-refractivity contribution in [2.75, 3.05) is 6.26 Å². The van der Waals surface area contributed by atoms with Gasteiger partial charge >= 0.3 is 0 Å². The van der Waals surface area contributed by atoms with Crippen LogP contribution in [0.25, 0.3) is 11.3 Å². The van der Waals surface area contributed by atoms with Gasteiger partial charge in [-0.15, -0.1) is 11.8 Å². The van der Waals surface area contributed by atoms with Crippen LogP contribution in [0.5, 0.6) is 0 Å². The molecule has 17 heavy (non-hydrogen) atoms. The van der Waals surface area contributed by atoms with Crippen molar-refractivity contribution in [3.63, 3.8) is 0 Å². The largest absolute Gasteiger partial charge is 0.295 e. The van der Waals surface area contributed by atoms with Crippen molar-refractivity contribution in [3.05, 3.63) is 52.6 Å². The SMILES string of the molecule is CSc1ccc([N+](=O)[O-])c(-c2ccccc2)n1. The standard InChI is InChI=1S/C12H10N2O2S/c1-17-11-8-7-10(14(15)16)12(13-11)9-5-3-2-4-6-9/h2-8H,1H3. The van der Waals surface area contributed by atoms with Crippen LogP contribution in [0.15, 0.2) is 47.5 Å². The zero-order valence-corrected chi connectivity index (χ0v) is 9.98. The van der Waals surface area contributed by atoms with Gasteiger partial charge in [-0.2, -0.15) is 0 Å². The molecule has 0 atom stereocenters. The van der Waals surface area contributed by atoms with E-state index in [1.807, 2.05) is 36.6 Å². The molecule has 2 rings (SSSR count). The number of nitrogens with zero attached hydrogens (tertiary/aromatic N) is 2. The predicted molar refractivity (Wildman–Crippen MR) is 68.1 cm³/mol. The zero-order chi connectivity index (χ0) is 12.3. The van der Waals surface area contributed by atoms with E-state index in [1.165, 1.54) is 17.8 Å². The highest BCUT2D eigenvalue weighted by Gasteiger charge is 2.17. The first kappa shape index (κ1) is 11.6. The Balaban J connectivity index is 2.61. The lowest BCUT2D eigenvalue weighted by atomic mass is 10.1. The second kappa shape index (κ2) is 4.97. The zero-order valence-electron chi connectivity index (χ0n) is 9.16. The van der Waals surface area contributed by atoms with Gasteiger partial charge in [0.2, 0.25) is 0 Å². The average molecular weight is 246 g/mol. The Hall–Kier alpha value is -1.88. The fourth-order valence-corrected chi connectivity index (χ4v) is 1.89. The molecule has 0 unspecified atom stereocenters. The number of rotatable bonds is 3. The fraction of sp³-hybridized carbons (Fsp3) is 0.0833. The minimum absolute atomic E-state index is 0.0361. The average Bonchev–Trinajstić information content (AvgIpc) is 2.39. The summed E-state index contributed by atoms with van der Waals surface area (Å²) in [6.45, 7) is 0. The Kier molecular flexibility index (Phi) is 3.39. The summed E-state index contributed by atoms with van der Waals surface area (Å²) in [6.07, 6.45) is 1.89. The summed E-state index contributed by atoms with van der Waals surface area (Å²) in [5.41, 5.74) is 1.21. The van der Waals surface area contributed by atoms with E-state index in [-0.39, 0.29) is 5.69 Å². The lowest BCUT2D eigenvalue weighted by molar-refractivity contribution is -0.384. The van der Waals surface area contributed by atoms with E-state index in [0.29, 0.717) is 5.69 Å². The molecule has 0 bridgehead atoms. The second-order valence-electron chi connectivity index (χ2n) is 3.34. The van der Waals surface area contributed by atoms with Crippen LogP contribution < -0.4 is 0 Å². The Morgan fingerprint density at radius 1 is 1.18 bits per heavy atom. The van der Waals surface area contributed by atoms with Gasteiger partial charge in [0.25, 0.3) is 5.69 Å². The van der Waals surface area contributed by atoms with Gasteiger partial charge in [0.15, 0.2) is 0 Å². The van der Waals surface area contributed by atoms with Crippen molar-refractivity contribution in [2.45, 2.75) is 5.03 Å². The Labute approximate surface area is 103 Å². The molecular formula is C12H10N2O2S. The van der Waals surface area contributed by atoms with E-state index in [0.717, 1.165) is 10.6 Å².